The van der Waals surface area contributed by atoms with Crippen LogP contribution in [0.4, 0.5) is 13.2 Å². The zero-order valence-electron chi connectivity index (χ0n) is 9.14. The second-order valence-electron chi connectivity index (χ2n) is 3.72. The van der Waals surface area contributed by atoms with Crippen molar-refractivity contribution in [3.63, 3.8) is 0 Å². The first-order chi connectivity index (χ1) is 7.38. The van der Waals surface area contributed by atoms with Crippen LogP contribution in [-0.4, -0.2) is 12.0 Å². The van der Waals surface area contributed by atoms with Crippen LogP contribution in [0.25, 0.3) is 0 Å². The summed E-state index contributed by atoms with van der Waals surface area (Å²) in [5, 5.41) is 0. The van der Waals surface area contributed by atoms with Gasteiger partial charge in [0.15, 0.2) is 0 Å². The third-order valence-electron chi connectivity index (χ3n) is 2.61. The first-order valence-electron chi connectivity index (χ1n) is 5.08. The quantitative estimate of drug-likeness (QED) is 0.718. The summed E-state index contributed by atoms with van der Waals surface area (Å²) in [6.45, 7) is 3.68. The molecule has 0 aliphatic carbocycles. The van der Waals surface area contributed by atoms with Crippen molar-refractivity contribution in [3.8, 4) is 0 Å². The number of carbonyl (C=O) groups excluding carboxylic acids is 1. The summed E-state index contributed by atoms with van der Waals surface area (Å²) in [6.07, 6.45) is -4.11. The summed E-state index contributed by atoms with van der Waals surface area (Å²) >= 11 is 0. The number of hydrogen-bond donors (Lipinski definition) is 0. The third kappa shape index (κ3) is 2.62. The summed E-state index contributed by atoms with van der Waals surface area (Å²) in [4.78, 5) is 11.2. The summed E-state index contributed by atoms with van der Waals surface area (Å²) in [7, 11) is 0. The Bertz CT molecular complexity index is 382. The molecule has 1 aromatic rings. The number of hydrogen-bond acceptors (Lipinski definition) is 1. The lowest BCUT2D eigenvalue weighted by molar-refractivity contribution is -0.0885. The number of carbonyl (C=O) groups is 1. The van der Waals surface area contributed by atoms with Crippen LogP contribution in [0.5, 0.6) is 0 Å². The lowest BCUT2D eigenvalue weighted by Gasteiger charge is -2.14. The molecule has 0 bridgehead atoms. The molecule has 0 amide bonds. The van der Waals surface area contributed by atoms with Gasteiger partial charge >= 0.3 is 6.18 Å². The van der Waals surface area contributed by atoms with Crippen LogP contribution in [0.1, 0.15) is 42.1 Å². The first-order valence-corrected chi connectivity index (χ1v) is 5.08. The van der Waals surface area contributed by atoms with E-state index >= 15 is 0 Å². The Morgan fingerprint density at radius 2 is 1.88 bits per heavy atom. The Morgan fingerprint density at radius 1 is 1.31 bits per heavy atom. The normalized spacial score (nSPS) is 13.6. The highest BCUT2D eigenvalue weighted by Gasteiger charge is 2.40. The van der Waals surface area contributed by atoms with Gasteiger partial charge in [-0.05, 0) is 17.9 Å². The van der Waals surface area contributed by atoms with Crippen LogP contribution in [0.2, 0.25) is 0 Å². The van der Waals surface area contributed by atoms with Gasteiger partial charge in [0.05, 0.1) is 0 Å². The van der Waals surface area contributed by atoms with Gasteiger partial charge in [-0.3, -0.25) is 4.79 Å². The lowest BCUT2D eigenvalue weighted by Crippen LogP contribution is -2.24. The fourth-order valence-electron chi connectivity index (χ4n) is 1.51. The highest BCUT2D eigenvalue weighted by atomic mass is 19.4. The van der Waals surface area contributed by atoms with Crippen LogP contribution in [0, 0.1) is 0 Å². The van der Waals surface area contributed by atoms with E-state index in [-0.39, 0.29) is 11.5 Å². The van der Waals surface area contributed by atoms with Crippen molar-refractivity contribution in [2.45, 2.75) is 32.4 Å². The molecule has 1 atom stereocenters. The van der Waals surface area contributed by atoms with Crippen LogP contribution in [0.3, 0.4) is 0 Å². The number of alkyl halides is 3. The van der Waals surface area contributed by atoms with Crippen LogP contribution < -0.4 is 0 Å². The maximum absolute atomic E-state index is 12.3. The topological polar surface area (TPSA) is 17.1 Å². The maximum atomic E-state index is 12.3. The smallest absolute Gasteiger partial charge is 0.284 e. The molecule has 0 spiro atoms. The molecule has 0 aromatic heterocycles. The monoisotopic (exact) mass is 230 g/mol. The van der Waals surface area contributed by atoms with E-state index in [2.05, 4.69) is 0 Å². The Hall–Kier alpha value is -1.32. The lowest BCUT2D eigenvalue weighted by atomic mass is 9.92. The molecule has 0 heterocycles. The average Bonchev–Trinajstić information content (AvgIpc) is 2.25. The second kappa shape index (κ2) is 4.68. The largest absolute Gasteiger partial charge is 0.454 e. The van der Waals surface area contributed by atoms with Gasteiger partial charge < -0.3 is 0 Å². The number of ketones is 1. The molecule has 1 aromatic carbocycles. The highest BCUT2D eigenvalue weighted by molar-refractivity contribution is 6.01. The van der Waals surface area contributed by atoms with Gasteiger partial charge in [0.2, 0.25) is 0 Å². The number of Topliss-reactive ketones (excluding diaryl/α,β-unsaturated/α-hetero) is 1. The second-order valence-corrected chi connectivity index (χ2v) is 3.72. The molecule has 0 aliphatic rings. The Morgan fingerprint density at radius 3 is 2.38 bits per heavy atom. The molecule has 0 radical (unpaired) electrons. The fourth-order valence-corrected chi connectivity index (χ4v) is 1.51. The molecule has 0 aliphatic heterocycles. The van der Waals surface area contributed by atoms with E-state index in [0.717, 1.165) is 0 Å². The third-order valence-corrected chi connectivity index (χ3v) is 2.61. The van der Waals surface area contributed by atoms with Crippen molar-refractivity contribution in [1.82, 2.24) is 0 Å². The molecular weight excluding hydrogens is 217 g/mol. The zero-order valence-corrected chi connectivity index (χ0v) is 9.14. The molecular formula is C12H13F3O. The van der Waals surface area contributed by atoms with Crippen molar-refractivity contribution in [2.75, 3.05) is 0 Å². The van der Waals surface area contributed by atoms with Crippen molar-refractivity contribution in [2.24, 2.45) is 0 Å². The summed E-state index contributed by atoms with van der Waals surface area (Å²) in [5.41, 5.74) is 0.233. The van der Waals surface area contributed by atoms with E-state index in [1.54, 1.807) is 12.1 Å². The van der Waals surface area contributed by atoms with Gasteiger partial charge in [-0.1, -0.05) is 38.1 Å². The number of halogens is 3. The predicted molar refractivity (Wildman–Crippen MR) is 55.5 cm³/mol. The summed E-state index contributed by atoms with van der Waals surface area (Å²) in [5.74, 6) is -1.81. The molecule has 0 N–H and O–H groups in total. The minimum absolute atomic E-state index is 0.0532. The van der Waals surface area contributed by atoms with E-state index < -0.39 is 12.0 Å². The van der Waals surface area contributed by atoms with Crippen LogP contribution >= 0.6 is 0 Å². The Labute approximate surface area is 92.3 Å². The zero-order chi connectivity index (χ0) is 12.3. The standard InChI is InChI=1S/C12H13F3O/c1-3-8(2)9-6-4-5-7-10(9)11(16)12(13,14)15/h4-8H,3H2,1-2H3. The van der Waals surface area contributed by atoms with Crippen molar-refractivity contribution in [3.05, 3.63) is 35.4 Å². The van der Waals surface area contributed by atoms with Crippen molar-refractivity contribution in [1.29, 1.82) is 0 Å². The van der Waals surface area contributed by atoms with Gasteiger partial charge in [0, 0.05) is 5.56 Å². The van der Waals surface area contributed by atoms with E-state index in [9.17, 15) is 18.0 Å². The van der Waals surface area contributed by atoms with Crippen molar-refractivity contribution < 1.29 is 18.0 Å². The molecule has 1 rings (SSSR count). The number of benzene rings is 1. The molecule has 0 fully saturated rings. The van der Waals surface area contributed by atoms with E-state index in [1.807, 2.05) is 13.8 Å². The highest BCUT2D eigenvalue weighted by Crippen LogP contribution is 2.28. The number of rotatable bonds is 3. The molecule has 1 nitrogen and oxygen atoms in total. The van der Waals surface area contributed by atoms with E-state index in [0.29, 0.717) is 12.0 Å². The molecule has 88 valence electrons. The first kappa shape index (κ1) is 12.7. The molecule has 0 saturated heterocycles. The van der Waals surface area contributed by atoms with Gasteiger partial charge in [-0.25, -0.2) is 0 Å². The van der Waals surface area contributed by atoms with E-state index in [1.165, 1.54) is 12.1 Å². The van der Waals surface area contributed by atoms with Crippen LogP contribution in [0.15, 0.2) is 24.3 Å². The summed E-state index contributed by atoms with van der Waals surface area (Å²) in [6, 6.07) is 5.91. The Balaban J connectivity index is 3.19. The minimum atomic E-state index is -4.80. The van der Waals surface area contributed by atoms with Crippen molar-refractivity contribution >= 4 is 5.78 Å². The van der Waals surface area contributed by atoms with Gasteiger partial charge in [0.25, 0.3) is 5.78 Å². The molecule has 1 unspecified atom stereocenters. The average molecular weight is 230 g/mol. The molecule has 0 saturated carbocycles. The van der Waals surface area contributed by atoms with Gasteiger partial charge in [0.1, 0.15) is 0 Å². The molecule has 16 heavy (non-hydrogen) atoms. The van der Waals surface area contributed by atoms with Crippen LogP contribution in [-0.2, 0) is 0 Å². The molecule has 4 heteroatoms. The van der Waals surface area contributed by atoms with Gasteiger partial charge in [-0.2, -0.15) is 13.2 Å². The SMILES string of the molecule is CCC(C)c1ccccc1C(=O)C(F)(F)F. The predicted octanol–water partition coefficient (Wildman–Crippen LogP) is 3.95. The van der Waals surface area contributed by atoms with Gasteiger partial charge in [-0.15, -0.1) is 0 Å². The Kier molecular flexibility index (Phi) is 3.73. The van der Waals surface area contributed by atoms with E-state index in [4.69, 9.17) is 0 Å². The summed E-state index contributed by atoms with van der Waals surface area (Å²) < 4.78 is 37.0. The fraction of sp³-hybridized carbons (Fsp3) is 0.417. The minimum Gasteiger partial charge on any atom is -0.284 e. The maximum Gasteiger partial charge on any atom is 0.454 e.